The van der Waals surface area contributed by atoms with Gasteiger partial charge in [-0.25, -0.2) is 0 Å². The maximum Gasteiger partial charge on any atom is 0.255 e. The molecule has 2 heterocycles. The summed E-state index contributed by atoms with van der Waals surface area (Å²) in [4.78, 5) is 8.13. The first-order valence-corrected chi connectivity index (χ1v) is 6.10. The molecule has 0 aliphatic carbocycles. The molecular weight excluding hydrogens is 238 g/mol. The summed E-state index contributed by atoms with van der Waals surface area (Å²) in [5.41, 5.74) is 0.0174. The van der Waals surface area contributed by atoms with E-state index in [1.807, 2.05) is 0 Å². The molecule has 6 heteroatoms. The van der Waals surface area contributed by atoms with E-state index in [1.54, 1.807) is 10.6 Å². The molecule has 0 spiro atoms. The van der Waals surface area contributed by atoms with Crippen LogP contribution in [0.25, 0.3) is 5.78 Å². The third-order valence-corrected chi connectivity index (χ3v) is 3.40. The Bertz CT molecular complexity index is 518. The van der Waals surface area contributed by atoms with Gasteiger partial charge >= 0.3 is 0 Å². The van der Waals surface area contributed by atoms with Crippen molar-refractivity contribution in [1.29, 1.82) is 0 Å². The van der Waals surface area contributed by atoms with Crippen LogP contribution in [0, 0.1) is 0 Å². The Labute approximate surface area is 105 Å². The highest BCUT2D eigenvalue weighted by Crippen LogP contribution is 2.23. The summed E-state index contributed by atoms with van der Waals surface area (Å²) in [6.45, 7) is 6.47. The van der Waals surface area contributed by atoms with Crippen LogP contribution in [0.1, 0.15) is 33.6 Å². The number of rotatable bonds is 4. The van der Waals surface area contributed by atoms with Crippen LogP contribution in [0.2, 0.25) is 5.15 Å². The number of halogens is 1. The minimum Gasteiger partial charge on any atom is -0.365 e. The molecular formula is C11H16ClN5. The van der Waals surface area contributed by atoms with Gasteiger partial charge in [0.15, 0.2) is 0 Å². The highest BCUT2D eigenvalue weighted by atomic mass is 35.5. The van der Waals surface area contributed by atoms with Crippen LogP contribution in [0.5, 0.6) is 0 Å². The van der Waals surface area contributed by atoms with Gasteiger partial charge in [-0.1, -0.05) is 25.4 Å². The number of hydrogen-bond acceptors (Lipinski definition) is 4. The third-order valence-electron chi connectivity index (χ3n) is 3.21. The number of nitrogens with zero attached hydrogens (tertiary/aromatic N) is 4. The zero-order valence-corrected chi connectivity index (χ0v) is 11.0. The molecule has 2 aromatic rings. The van der Waals surface area contributed by atoms with Crippen LogP contribution in [0.3, 0.4) is 0 Å². The van der Waals surface area contributed by atoms with Gasteiger partial charge in [-0.05, 0) is 19.8 Å². The zero-order chi connectivity index (χ0) is 12.5. The van der Waals surface area contributed by atoms with E-state index in [0.29, 0.717) is 10.9 Å². The van der Waals surface area contributed by atoms with E-state index in [9.17, 15) is 0 Å². The van der Waals surface area contributed by atoms with Gasteiger partial charge < -0.3 is 5.32 Å². The SMILES string of the molecule is CCC(C)(CC)Nc1cc(Cl)nc2ncnn12. The van der Waals surface area contributed by atoms with Gasteiger partial charge in [0, 0.05) is 11.6 Å². The topological polar surface area (TPSA) is 55.1 Å². The van der Waals surface area contributed by atoms with Crippen molar-refractivity contribution in [2.75, 3.05) is 5.32 Å². The fourth-order valence-electron chi connectivity index (χ4n) is 1.61. The standard InChI is InChI=1S/C11H16ClN5/c1-4-11(3,5-2)16-9-6-8(12)15-10-13-7-14-17(9)10/h6-7,16H,4-5H2,1-3H3. The number of aromatic nitrogens is 4. The summed E-state index contributed by atoms with van der Waals surface area (Å²) in [6, 6.07) is 1.77. The van der Waals surface area contributed by atoms with E-state index in [4.69, 9.17) is 11.6 Å². The van der Waals surface area contributed by atoms with E-state index in [0.717, 1.165) is 18.7 Å². The monoisotopic (exact) mass is 253 g/mol. The number of nitrogens with one attached hydrogen (secondary N) is 1. The molecule has 0 aliphatic rings. The summed E-state index contributed by atoms with van der Waals surface area (Å²) >= 11 is 5.96. The molecule has 2 aromatic heterocycles. The van der Waals surface area contributed by atoms with Gasteiger partial charge in [-0.15, -0.1) is 0 Å². The van der Waals surface area contributed by atoms with Crippen molar-refractivity contribution >= 4 is 23.2 Å². The van der Waals surface area contributed by atoms with Crippen molar-refractivity contribution in [3.8, 4) is 0 Å². The minimum absolute atomic E-state index is 0.0174. The van der Waals surface area contributed by atoms with Crippen LogP contribution in [0.4, 0.5) is 5.82 Å². The van der Waals surface area contributed by atoms with Gasteiger partial charge in [0.05, 0.1) is 0 Å². The highest BCUT2D eigenvalue weighted by molar-refractivity contribution is 6.29. The van der Waals surface area contributed by atoms with E-state index in [2.05, 4.69) is 41.2 Å². The summed E-state index contributed by atoms with van der Waals surface area (Å²) in [7, 11) is 0. The lowest BCUT2D eigenvalue weighted by Crippen LogP contribution is -2.34. The Morgan fingerprint density at radius 3 is 2.76 bits per heavy atom. The fourth-order valence-corrected chi connectivity index (χ4v) is 1.79. The molecule has 0 amide bonds. The molecule has 0 radical (unpaired) electrons. The molecule has 2 rings (SSSR count). The summed E-state index contributed by atoms with van der Waals surface area (Å²) in [6.07, 6.45) is 3.50. The fraction of sp³-hybridized carbons (Fsp3) is 0.545. The molecule has 1 N–H and O–H groups in total. The summed E-state index contributed by atoms with van der Waals surface area (Å²) in [5.74, 6) is 1.33. The normalized spacial score (nSPS) is 12.0. The Morgan fingerprint density at radius 1 is 1.41 bits per heavy atom. The summed E-state index contributed by atoms with van der Waals surface area (Å²) < 4.78 is 1.66. The molecule has 0 aromatic carbocycles. The largest absolute Gasteiger partial charge is 0.365 e. The first-order valence-electron chi connectivity index (χ1n) is 5.72. The van der Waals surface area contributed by atoms with E-state index in [-0.39, 0.29) is 5.54 Å². The van der Waals surface area contributed by atoms with Gasteiger partial charge in [0.25, 0.3) is 5.78 Å². The number of anilines is 1. The van der Waals surface area contributed by atoms with Crippen LogP contribution in [-0.2, 0) is 0 Å². The molecule has 0 saturated heterocycles. The zero-order valence-electron chi connectivity index (χ0n) is 10.2. The van der Waals surface area contributed by atoms with Crippen LogP contribution >= 0.6 is 11.6 Å². The Hall–Kier alpha value is -1.36. The second-order valence-electron chi connectivity index (χ2n) is 4.33. The minimum atomic E-state index is 0.0174. The molecule has 0 aliphatic heterocycles. The van der Waals surface area contributed by atoms with Gasteiger partial charge in [-0.3, -0.25) is 0 Å². The van der Waals surface area contributed by atoms with E-state index in [1.165, 1.54) is 6.33 Å². The Kier molecular flexibility index (Phi) is 3.19. The second-order valence-corrected chi connectivity index (χ2v) is 4.72. The molecule has 0 atom stereocenters. The molecule has 0 bridgehead atoms. The van der Waals surface area contributed by atoms with Crippen LogP contribution < -0.4 is 5.32 Å². The van der Waals surface area contributed by atoms with E-state index >= 15 is 0 Å². The van der Waals surface area contributed by atoms with Crippen molar-refractivity contribution in [2.24, 2.45) is 0 Å². The van der Waals surface area contributed by atoms with E-state index < -0.39 is 0 Å². The molecule has 0 fully saturated rings. The van der Waals surface area contributed by atoms with Crippen molar-refractivity contribution in [2.45, 2.75) is 39.2 Å². The average molecular weight is 254 g/mol. The van der Waals surface area contributed by atoms with Gasteiger partial charge in [0.2, 0.25) is 0 Å². The third kappa shape index (κ3) is 2.34. The lowest BCUT2D eigenvalue weighted by molar-refractivity contribution is 0.475. The first-order chi connectivity index (χ1) is 8.08. The lowest BCUT2D eigenvalue weighted by Gasteiger charge is -2.29. The number of hydrogen-bond donors (Lipinski definition) is 1. The maximum absolute atomic E-state index is 5.96. The van der Waals surface area contributed by atoms with Gasteiger partial charge in [0.1, 0.15) is 17.3 Å². The van der Waals surface area contributed by atoms with Crippen molar-refractivity contribution in [1.82, 2.24) is 19.6 Å². The molecule has 0 saturated carbocycles. The van der Waals surface area contributed by atoms with Crippen molar-refractivity contribution < 1.29 is 0 Å². The van der Waals surface area contributed by atoms with Crippen LogP contribution in [-0.4, -0.2) is 25.1 Å². The quantitative estimate of drug-likeness (QED) is 0.852. The molecule has 0 unspecified atom stereocenters. The highest BCUT2D eigenvalue weighted by Gasteiger charge is 2.21. The second kappa shape index (κ2) is 4.49. The molecule has 5 nitrogen and oxygen atoms in total. The predicted octanol–water partition coefficient (Wildman–Crippen LogP) is 2.77. The predicted molar refractivity (Wildman–Crippen MR) is 68.4 cm³/mol. The maximum atomic E-state index is 5.96. The molecule has 17 heavy (non-hydrogen) atoms. The van der Waals surface area contributed by atoms with Crippen LogP contribution in [0.15, 0.2) is 12.4 Å². The summed E-state index contributed by atoms with van der Waals surface area (Å²) in [5, 5.41) is 8.01. The Morgan fingerprint density at radius 2 is 2.12 bits per heavy atom. The van der Waals surface area contributed by atoms with Crippen molar-refractivity contribution in [3.05, 3.63) is 17.5 Å². The molecule has 92 valence electrons. The lowest BCUT2D eigenvalue weighted by atomic mass is 9.96. The first kappa shape index (κ1) is 12.1. The average Bonchev–Trinajstić information content (AvgIpc) is 2.77. The van der Waals surface area contributed by atoms with Crippen molar-refractivity contribution in [3.63, 3.8) is 0 Å². The smallest absolute Gasteiger partial charge is 0.255 e. The number of fused-ring (bicyclic) bond motifs is 1. The van der Waals surface area contributed by atoms with Gasteiger partial charge in [-0.2, -0.15) is 19.6 Å². The Balaban J connectivity index is 2.44.